The third-order valence-corrected chi connectivity index (χ3v) is 4.47. The molecule has 1 aliphatic rings. The third kappa shape index (κ3) is 2.28. The normalized spacial score (nSPS) is 16.2. The number of H-pyrrole nitrogens is 1. The van der Waals surface area contributed by atoms with Crippen LogP contribution in [-0.4, -0.2) is 16.1 Å². The van der Waals surface area contributed by atoms with Gasteiger partial charge in [0, 0.05) is 22.9 Å². The first-order chi connectivity index (χ1) is 10.4. The fourth-order valence-corrected chi connectivity index (χ4v) is 2.85. The third-order valence-electron chi connectivity index (χ3n) is 4.47. The molecule has 2 N–H and O–H groups in total. The van der Waals surface area contributed by atoms with E-state index in [1.54, 1.807) is 6.92 Å². The number of carbonyl (C=O) groups excluding carboxylic acids is 1. The van der Waals surface area contributed by atoms with Crippen LogP contribution in [0.2, 0.25) is 0 Å². The number of hydrogen-bond acceptors (Lipinski definition) is 2. The van der Waals surface area contributed by atoms with Crippen molar-refractivity contribution in [1.82, 2.24) is 15.5 Å². The van der Waals surface area contributed by atoms with Crippen molar-refractivity contribution in [1.29, 1.82) is 0 Å². The first-order valence-electron chi connectivity index (χ1n) is 7.22. The lowest BCUT2D eigenvalue weighted by Gasteiger charge is -2.43. The summed E-state index contributed by atoms with van der Waals surface area (Å²) in [5, 5.41) is 9.65. The number of carbonyl (C=O) groups is 1. The molecule has 0 saturated heterocycles. The molecule has 4 nitrogen and oxygen atoms in total. The van der Waals surface area contributed by atoms with Crippen LogP contribution in [0.4, 0.5) is 8.78 Å². The van der Waals surface area contributed by atoms with Gasteiger partial charge in [0.1, 0.15) is 11.6 Å². The molecule has 0 bridgehead atoms. The maximum absolute atomic E-state index is 14.1. The quantitative estimate of drug-likeness (QED) is 0.915. The van der Waals surface area contributed by atoms with E-state index in [-0.39, 0.29) is 5.91 Å². The standard InChI is InChI=1S/C16H17F2N3O/c1-9-10(2)20-21-14(9)15(22)19-16(6-3-7-16)12-5-4-11(17)8-13(12)18/h4-5,8H,3,6-7H2,1-2H3,(H,19,22)(H,20,21). The molecule has 1 heterocycles. The predicted molar refractivity (Wildman–Crippen MR) is 77.4 cm³/mol. The lowest BCUT2D eigenvalue weighted by Crippen LogP contribution is -2.51. The van der Waals surface area contributed by atoms with Crippen molar-refractivity contribution in [3.63, 3.8) is 0 Å². The SMILES string of the molecule is Cc1[nH]nc(C(=O)NC2(c3ccc(F)cc3F)CCC2)c1C. The molecule has 1 aliphatic carbocycles. The summed E-state index contributed by atoms with van der Waals surface area (Å²) in [7, 11) is 0. The molecule has 0 radical (unpaired) electrons. The molecule has 1 aromatic carbocycles. The van der Waals surface area contributed by atoms with Gasteiger partial charge in [0.2, 0.25) is 0 Å². The molecule has 116 valence electrons. The Morgan fingerprint density at radius 3 is 2.55 bits per heavy atom. The zero-order chi connectivity index (χ0) is 15.9. The number of nitrogens with zero attached hydrogens (tertiary/aromatic N) is 1. The molecule has 0 atom stereocenters. The van der Waals surface area contributed by atoms with Crippen LogP contribution in [0, 0.1) is 25.5 Å². The van der Waals surface area contributed by atoms with Crippen LogP contribution >= 0.6 is 0 Å². The van der Waals surface area contributed by atoms with Crippen molar-refractivity contribution in [3.8, 4) is 0 Å². The molecule has 1 saturated carbocycles. The minimum atomic E-state index is -0.770. The van der Waals surface area contributed by atoms with Gasteiger partial charge in [-0.1, -0.05) is 6.07 Å². The molecule has 2 aromatic rings. The fraction of sp³-hybridized carbons (Fsp3) is 0.375. The Kier molecular flexibility index (Phi) is 3.47. The lowest BCUT2D eigenvalue weighted by atomic mass is 9.71. The van der Waals surface area contributed by atoms with E-state index in [1.807, 2.05) is 6.92 Å². The van der Waals surface area contributed by atoms with E-state index in [4.69, 9.17) is 0 Å². The van der Waals surface area contributed by atoms with Crippen LogP contribution < -0.4 is 5.32 Å². The average Bonchev–Trinajstić information content (AvgIpc) is 2.75. The number of benzene rings is 1. The summed E-state index contributed by atoms with van der Waals surface area (Å²) >= 11 is 0. The smallest absolute Gasteiger partial charge is 0.272 e. The summed E-state index contributed by atoms with van der Waals surface area (Å²) in [5.41, 5.74) is 1.46. The predicted octanol–water partition coefficient (Wildman–Crippen LogP) is 3.11. The molecular formula is C16H17F2N3O. The molecular weight excluding hydrogens is 288 g/mol. The van der Waals surface area contributed by atoms with Crippen molar-refractivity contribution in [2.75, 3.05) is 0 Å². The van der Waals surface area contributed by atoms with Gasteiger partial charge in [-0.15, -0.1) is 0 Å². The number of rotatable bonds is 3. The summed E-state index contributed by atoms with van der Waals surface area (Å²) < 4.78 is 27.2. The van der Waals surface area contributed by atoms with Gasteiger partial charge >= 0.3 is 0 Å². The van der Waals surface area contributed by atoms with Gasteiger partial charge in [0.05, 0.1) is 5.54 Å². The van der Waals surface area contributed by atoms with Gasteiger partial charge in [0.25, 0.3) is 5.91 Å². The summed E-state index contributed by atoms with van der Waals surface area (Å²) in [5.74, 6) is -1.60. The summed E-state index contributed by atoms with van der Waals surface area (Å²) in [6, 6.07) is 3.48. The van der Waals surface area contributed by atoms with E-state index < -0.39 is 17.2 Å². The molecule has 0 aliphatic heterocycles. The summed E-state index contributed by atoms with van der Waals surface area (Å²) in [6.45, 7) is 3.64. The lowest BCUT2D eigenvalue weighted by molar-refractivity contribution is 0.0812. The topological polar surface area (TPSA) is 57.8 Å². The molecule has 1 fully saturated rings. The van der Waals surface area contributed by atoms with E-state index in [0.29, 0.717) is 24.1 Å². The Labute approximate surface area is 126 Å². The van der Waals surface area contributed by atoms with Gasteiger partial charge in [-0.2, -0.15) is 5.10 Å². The maximum Gasteiger partial charge on any atom is 0.272 e. The molecule has 0 spiro atoms. The maximum atomic E-state index is 14.1. The Balaban J connectivity index is 1.91. The van der Waals surface area contributed by atoms with E-state index in [1.165, 1.54) is 12.1 Å². The second kappa shape index (κ2) is 5.19. The van der Waals surface area contributed by atoms with Crippen LogP contribution in [-0.2, 0) is 5.54 Å². The van der Waals surface area contributed by atoms with Crippen LogP contribution in [0.1, 0.15) is 46.6 Å². The minimum Gasteiger partial charge on any atom is -0.341 e. The molecule has 1 aromatic heterocycles. The van der Waals surface area contributed by atoms with Crippen molar-refractivity contribution >= 4 is 5.91 Å². The highest BCUT2D eigenvalue weighted by atomic mass is 19.1. The zero-order valence-corrected chi connectivity index (χ0v) is 12.5. The first kappa shape index (κ1) is 14.7. The Bertz CT molecular complexity index is 735. The second-order valence-electron chi connectivity index (χ2n) is 5.84. The van der Waals surface area contributed by atoms with Gasteiger partial charge in [-0.25, -0.2) is 8.78 Å². The number of hydrogen-bond donors (Lipinski definition) is 2. The summed E-state index contributed by atoms with van der Waals surface area (Å²) in [4.78, 5) is 12.4. The van der Waals surface area contributed by atoms with Crippen molar-refractivity contribution in [2.45, 2.75) is 38.6 Å². The molecule has 22 heavy (non-hydrogen) atoms. The van der Waals surface area contributed by atoms with Crippen molar-refractivity contribution in [3.05, 3.63) is 52.3 Å². The fourth-order valence-electron chi connectivity index (χ4n) is 2.85. The minimum absolute atomic E-state index is 0.311. The molecule has 3 rings (SSSR count). The Morgan fingerprint density at radius 1 is 1.32 bits per heavy atom. The van der Waals surface area contributed by atoms with Gasteiger partial charge in [-0.3, -0.25) is 9.89 Å². The first-order valence-corrected chi connectivity index (χ1v) is 7.22. The largest absolute Gasteiger partial charge is 0.341 e. The van der Waals surface area contributed by atoms with E-state index in [2.05, 4.69) is 15.5 Å². The van der Waals surface area contributed by atoms with Gasteiger partial charge in [0.15, 0.2) is 5.69 Å². The van der Waals surface area contributed by atoms with E-state index in [0.717, 1.165) is 23.7 Å². The number of halogens is 2. The number of aromatic amines is 1. The highest BCUT2D eigenvalue weighted by Crippen LogP contribution is 2.42. The second-order valence-corrected chi connectivity index (χ2v) is 5.84. The number of aryl methyl sites for hydroxylation is 1. The van der Waals surface area contributed by atoms with E-state index >= 15 is 0 Å². The Hall–Kier alpha value is -2.24. The van der Waals surface area contributed by atoms with Crippen LogP contribution in [0.3, 0.4) is 0 Å². The van der Waals surface area contributed by atoms with Crippen molar-refractivity contribution in [2.24, 2.45) is 0 Å². The monoisotopic (exact) mass is 305 g/mol. The molecule has 6 heteroatoms. The summed E-state index contributed by atoms with van der Waals surface area (Å²) in [6.07, 6.45) is 2.14. The van der Waals surface area contributed by atoms with Gasteiger partial charge in [-0.05, 0) is 39.2 Å². The van der Waals surface area contributed by atoms with Crippen LogP contribution in [0.15, 0.2) is 18.2 Å². The highest BCUT2D eigenvalue weighted by molar-refractivity contribution is 5.94. The van der Waals surface area contributed by atoms with Gasteiger partial charge < -0.3 is 5.32 Å². The number of aromatic nitrogens is 2. The molecule has 0 unspecified atom stereocenters. The van der Waals surface area contributed by atoms with Crippen molar-refractivity contribution < 1.29 is 13.6 Å². The van der Waals surface area contributed by atoms with E-state index in [9.17, 15) is 13.6 Å². The Morgan fingerprint density at radius 2 is 2.05 bits per heavy atom. The van der Waals surface area contributed by atoms with Crippen LogP contribution in [0.25, 0.3) is 0 Å². The zero-order valence-electron chi connectivity index (χ0n) is 12.5. The van der Waals surface area contributed by atoms with Crippen LogP contribution in [0.5, 0.6) is 0 Å². The average molecular weight is 305 g/mol. The highest BCUT2D eigenvalue weighted by Gasteiger charge is 2.42. The molecule has 1 amide bonds. The number of amides is 1. The number of nitrogens with one attached hydrogen (secondary N) is 2.